The topological polar surface area (TPSA) is 60.8 Å². The van der Waals surface area contributed by atoms with Gasteiger partial charge < -0.3 is 15.1 Å². The molecule has 1 saturated heterocycles. The van der Waals surface area contributed by atoms with E-state index in [0.717, 1.165) is 0 Å². The van der Waals surface area contributed by atoms with Crippen molar-refractivity contribution in [2.24, 2.45) is 5.92 Å². The van der Waals surface area contributed by atoms with Crippen molar-refractivity contribution in [3.8, 4) is 0 Å². The van der Waals surface area contributed by atoms with Crippen molar-refractivity contribution >= 4 is 14.5 Å². The summed E-state index contributed by atoms with van der Waals surface area (Å²) >= 11 is 0. The molecule has 1 aromatic rings. The van der Waals surface area contributed by atoms with E-state index in [-0.39, 0.29) is 49.7 Å². The maximum absolute atomic E-state index is 12.9. The second kappa shape index (κ2) is 8.03. The molecule has 1 amide bonds. The van der Waals surface area contributed by atoms with E-state index in [1.165, 1.54) is 17.0 Å². The Labute approximate surface area is 141 Å². The van der Waals surface area contributed by atoms with Gasteiger partial charge in [-0.1, -0.05) is 27.5 Å². The van der Waals surface area contributed by atoms with Crippen molar-refractivity contribution in [3.63, 3.8) is 0 Å². The van der Waals surface area contributed by atoms with Crippen LogP contribution in [-0.2, 0) is 0 Å². The van der Waals surface area contributed by atoms with E-state index in [1.54, 1.807) is 12.1 Å². The Morgan fingerprint density at radius 3 is 2.40 bits per heavy atom. The zero-order chi connectivity index (χ0) is 13.3. The monoisotopic (exact) mass is 291 g/mol. The molecule has 106 valence electrons. The van der Waals surface area contributed by atoms with Crippen LogP contribution in [0.5, 0.6) is 0 Å². The average molecular weight is 291 g/mol. The van der Waals surface area contributed by atoms with Crippen LogP contribution in [0.4, 0.5) is 9.18 Å². The Balaban J connectivity index is 0.00000180. The van der Waals surface area contributed by atoms with Crippen LogP contribution >= 0.6 is 0 Å². The molecule has 1 aliphatic heterocycles. The molecule has 2 rings (SSSR count). The van der Waals surface area contributed by atoms with Gasteiger partial charge >= 0.3 is 35.7 Å². The van der Waals surface area contributed by atoms with Crippen LogP contribution in [0, 0.1) is 11.7 Å². The molecule has 4 nitrogen and oxygen atoms in total. The van der Waals surface area contributed by atoms with Crippen molar-refractivity contribution in [3.05, 3.63) is 35.6 Å². The number of carbonyl (C=O) groups is 1. The van der Waals surface area contributed by atoms with Crippen LogP contribution in [0.1, 0.15) is 24.9 Å². The van der Waals surface area contributed by atoms with Crippen molar-refractivity contribution in [2.45, 2.75) is 25.5 Å². The predicted octanol–water partition coefficient (Wildman–Crippen LogP) is -2.20. The molecule has 1 heterocycles. The molecule has 1 aliphatic rings. The summed E-state index contributed by atoms with van der Waals surface area (Å²) < 4.78 is 12.9. The molecule has 0 bridgehead atoms. The summed E-state index contributed by atoms with van der Waals surface area (Å²) in [6.07, 6.45) is -1.20. The van der Waals surface area contributed by atoms with E-state index in [9.17, 15) is 19.4 Å². The van der Waals surface area contributed by atoms with Gasteiger partial charge in [-0.25, -0.2) is 9.18 Å². The second-order valence-electron chi connectivity index (χ2n) is 4.78. The van der Waals surface area contributed by atoms with Crippen LogP contribution in [0.15, 0.2) is 24.3 Å². The van der Waals surface area contributed by atoms with E-state index in [2.05, 4.69) is 0 Å². The smallest absolute Gasteiger partial charge is 0.465 e. The number of aliphatic hydroxyl groups is 1. The molecule has 2 N–H and O–H groups in total. The summed E-state index contributed by atoms with van der Waals surface area (Å²) in [6, 6.07) is 5.34. The number of hydrogen-bond acceptors (Lipinski definition) is 2. The Bertz CT molecular complexity index is 446. The third-order valence-corrected chi connectivity index (χ3v) is 3.48. The van der Waals surface area contributed by atoms with E-state index in [1.807, 2.05) is 6.92 Å². The van der Waals surface area contributed by atoms with Gasteiger partial charge in [0.2, 0.25) is 0 Å². The Hall–Kier alpha value is -0.555. The molecule has 0 aliphatic carbocycles. The average Bonchev–Trinajstić information content (AvgIpc) is 2.33. The van der Waals surface area contributed by atoms with Crippen molar-refractivity contribution in [1.29, 1.82) is 0 Å². The van der Waals surface area contributed by atoms with Gasteiger partial charge in [0.1, 0.15) is 5.82 Å². The Morgan fingerprint density at radius 1 is 1.35 bits per heavy atom. The van der Waals surface area contributed by atoms with Crippen molar-refractivity contribution in [2.75, 3.05) is 6.54 Å². The van der Waals surface area contributed by atoms with Crippen LogP contribution in [0.3, 0.4) is 0 Å². The minimum atomic E-state index is -1.01. The quantitative estimate of drug-likeness (QED) is 0.577. The first-order valence-corrected chi connectivity index (χ1v) is 5.92. The van der Waals surface area contributed by atoms with Crippen LogP contribution in [0.25, 0.3) is 0 Å². The van der Waals surface area contributed by atoms with Gasteiger partial charge in [-0.15, -0.1) is 0 Å². The molecule has 0 saturated carbocycles. The second-order valence-corrected chi connectivity index (χ2v) is 4.78. The van der Waals surface area contributed by atoms with Crippen LogP contribution in [-0.4, -0.2) is 42.3 Å². The fraction of sp³-hybridized carbons (Fsp3) is 0.462. The molecular weight excluding hydrogens is 271 g/mol. The SMILES string of the molecule is C[C@@H]1CN(C(=O)O)[C@@H](c2ccc(F)cc2)CC1O.[BH4-].[Na+]. The van der Waals surface area contributed by atoms with Crippen molar-refractivity contribution < 1.29 is 49.0 Å². The number of benzene rings is 1. The number of likely N-dealkylation sites (tertiary alicyclic amines) is 1. The summed E-state index contributed by atoms with van der Waals surface area (Å²) in [5.41, 5.74) is 0.713. The maximum Gasteiger partial charge on any atom is 1.00 e. The number of hydrogen-bond donors (Lipinski definition) is 2. The normalized spacial score (nSPS) is 25.4. The molecule has 0 radical (unpaired) electrons. The number of nitrogens with zero attached hydrogens (tertiary/aromatic N) is 1. The van der Waals surface area contributed by atoms with Gasteiger partial charge in [-0.05, 0) is 30.0 Å². The van der Waals surface area contributed by atoms with Gasteiger partial charge in [-0.2, -0.15) is 0 Å². The third kappa shape index (κ3) is 4.22. The number of piperidine rings is 1. The summed E-state index contributed by atoms with van der Waals surface area (Å²) in [4.78, 5) is 12.5. The number of carboxylic acid groups (broad SMARTS) is 1. The zero-order valence-corrected chi connectivity index (χ0v) is 13.1. The van der Waals surface area contributed by atoms with Gasteiger partial charge in [0, 0.05) is 6.54 Å². The van der Waals surface area contributed by atoms with Crippen LogP contribution < -0.4 is 29.6 Å². The molecular formula is C13H20BFNNaO3. The number of aliphatic hydroxyl groups excluding tert-OH is 1. The summed E-state index contributed by atoms with van der Waals surface area (Å²) in [6.45, 7) is 2.11. The predicted molar refractivity (Wildman–Crippen MR) is 75.0 cm³/mol. The molecule has 3 atom stereocenters. The summed E-state index contributed by atoms with van der Waals surface area (Å²) in [5.74, 6) is -0.442. The largest absolute Gasteiger partial charge is 1.00 e. The molecule has 1 fully saturated rings. The number of amides is 1. The molecule has 20 heavy (non-hydrogen) atoms. The standard InChI is InChI=1S/C13H16FNO3.BH4.Na/c1-8-7-15(13(17)18)11(6-12(8)16)9-2-4-10(14)5-3-9;;/h2-5,8,11-12,16H,6-7H2,1H3,(H,17,18);1H4;/q;-1;+1/t8-,11-,12?;;/m1../s1. The molecule has 0 aromatic heterocycles. The molecule has 7 heteroatoms. The molecule has 1 aromatic carbocycles. The van der Waals surface area contributed by atoms with Crippen molar-refractivity contribution in [1.82, 2.24) is 4.90 Å². The van der Waals surface area contributed by atoms with Crippen LogP contribution in [0.2, 0.25) is 0 Å². The van der Waals surface area contributed by atoms with E-state index in [4.69, 9.17) is 0 Å². The first kappa shape index (κ1) is 19.4. The van der Waals surface area contributed by atoms with Gasteiger partial charge in [0.05, 0.1) is 12.1 Å². The van der Waals surface area contributed by atoms with Gasteiger partial charge in [0.15, 0.2) is 0 Å². The summed E-state index contributed by atoms with van der Waals surface area (Å²) in [7, 11) is 0. The van der Waals surface area contributed by atoms with Gasteiger partial charge in [-0.3, -0.25) is 0 Å². The fourth-order valence-corrected chi connectivity index (χ4v) is 2.36. The zero-order valence-electron chi connectivity index (χ0n) is 11.1. The van der Waals surface area contributed by atoms with E-state index >= 15 is 0 Å². The minimum Gasteiger partial charge on any atom is -0.465 e. The number of halogens is 1. The third-order valence-electron chi connectivity index (χ3n) is 3.48. The van der Waals surface area contributed by atoms with Gasteiger partial charge in [0.25, 0.3) is 0 Å². The minimum absolute atomic E-state index is 0. The van der Waals surface area contributed by atoms with E-state index in [0.29, 0.717) is 18.5 Å². The summed E-state index contributed by atoms with van der Waals surface area (Å²) in [5, 5.41) is 19.1. The Morgan fingerprint density at radius 2 is 1.90 bits per heavy atom. The number of rotatable bonds is 1. The Kier molecular flexibility index (Phi) is 7.80. The molecule has 1 unspecified atom stereocenters. The van der Waals surface area contributed by atoms with E-state index < -0.39 is 18.2 Å². The fourth-order valence-electron chi connectivity index (χ4n) is 2.36. The first-order chi connectivity index (χ1) is 8.49. The maximum atomic E-state index is 12.9. The first-order valence-electron chi connectivity index (χ1n) is 5.92. The molecule has 0 spiro atoms.